The summed E-state index contributed by atoms with van der Waals surface area (Å²) in [5.41, 5.74) is -2.22. The summed E-state index contributed by atoms with van der Waals surface area (Å²) >= 11 is 0. The van der Waals surface area contributed by atoms with Crippen LogP contribution in [0.2, 0.25) is 0 Å². The number of carboxylic acids is 2. The highest BCUT2D eigenvalue weighted by Gasteiger charge is 2.49. The quantitative estimate of drug-likeness (QED) is 0.474. The first-order chi connectivity index (χ1) is 7.75. The van der Waals surface area contributed by atoms with E-state index in [4.69, 9.17) is 20.0 Å². The normalized spacial score (nSPS) is 21.1. The minimum Gasteiger partial charge on any atom is -0.480 e. The fourth-order valence-corrected chi connectivity index (χ4v) is 2.95. The second kappa shape index (κ2) is 5.14. The molecule has 0 amide bonds. The summed E-state index contributed by atoms with van der Waals surface area (Å²) in [5, 5.41) is 17.8. The summed E-state index contributed by atoms with van der Waals surface area (Å²) < 4.78 is 11.1. The minimum atomic E-state index is -5.02. The maximum atomic E-state index is 11.1. The van der Waals surface area contributed by atoms with Crippen molar-refractivity contribution in [3.63, 3.8) is 0 Å². The molecule has 2 unspecified atom stereocenters. The fourth-order valence-electron chi connectivity index (χ4n) is 1.97. The van der Waals surface area contributed by atoms with E-state index < -0.39 is 31.2 Å². The van der Waals surface area contributed by atoms with Gasteiger partial charge in [-0.15, -0.1) is 0 Å². The molecule has 98 valence electrons. The fraction of sp³-hybridized carbons (Fsp3) is 0.750. The van der Waals surface area contributed by atoms with Crippen molar-refractivity contribution in [1.29, 1.82) is 0 Å². The van der Waals surface area contributed by atoms with Crippen molar-refractivity contribution in [3.05, 3.63) is 0 Å². The Morgan fingerprint density at radius 3 is 1.82 bits per heavy atom. The number of likely N-dealkylation sites (tertiary alicyclic amines) is 1. The van der Waals surface area contributed by atoms with E-state index >= 15 is 0 Å². The molecule has 0 spiro atoms. The van der Waals surface area contributed by atoms with Crippen molar-refractivity contribution < 1.29 is 34.2 Å². The SMILES string of the molecule is O=C(O)C(C(C(=O)O)P(=O)(O)O)N1CCCC1. The van der Waals surface area contributed by atoms with E-state index in [1.807, 2.05) is 0 Å². The van der Waals surface area contributed by atoms with Gasteiger partial charge in [0, 0.05) is 0 Å². The van der Waals surface area contributed by atoms with Gasteiger partial charge in [0.2, 0.25) is 0 Å². The maximum absolute atomic E-state index is 11.1. The first-order valence-electron chi connectivity index (χ1n) is 5.00. The van der Waals surface area contributed by atoms with Crippen LogP contribution in [0.4, 0.5) is 0 Å². The van der Waals surface area contributed by atoms with Crippen LogP contribution >= 0.6 is 7.60 Å². The average molecular weight is 267 g/mol. The third-order valence-electron chi connectivity index (χ3n) is 2.70. The van der Waals surface area contributed by atoms with Crippen LogP contribution in [0, 0.1) is 0 Å². The van der Waals surface area contributed by atoms with E-state index in [1.54, 1.807) is 0 Å². The molecule has 0 aromatic heterocycles. The molecule has 8 nitrogen and oxygen atoms in total. The van der Waals surface area contributed by atoms with E-state index in [9.17, 15) is 14.2 Å². The molecule has 0 saturated carbocycles. The molecule has 17 heavy (non-hydrogen) atoms. The molecule has 1 fully saturated rings. The van der Waals surface area contributed by atoms with Gasteiger partial charge in [0.1, 0.15) is 6.04 Å². The molecule has 0 radical (unpaired) electrons. The van der Waals surface area contributed by atoms with Crippen molar-refractivity contribution in [2.24, 2.45) is 0 Å². The summed E-state index contributed by atoms with van der Waals surface area (Å²) in [7, 11) is -5.02. The van der Waals surface area contributed by atoms with Crippen molar-refractivity contribution in [1.82, 2.24) is 4.90 Å². The molecule has 0 aromatic carbocycles. The lowest BCUT2D eigenvalue weighted by Crippen LogP contribution is -2.50. The molecular formula is C8H14NO7P. The van der Waals surface area contributed by atoms with Gasteiger partial charge in [-0.05, 0) is 25.9 Å². The standard InChI is InChI=1S/C8H14NO7P/c10-7(11)5(9-3-1-2-4-9)6(8(12)13)17(14,15)16/h5-6H,1-4H2,(H,10,11)(H,12,13)(H2,14,15,16). The Bertz CT molecular complexity index is 359. The van der Waals surface area contributed by atoms with Crippen LogP contribution in [0.3, 0.4) is 0 Å². The van der Waals surface area contributed by atoms with E-state index in [-0.39, 0.29) is 0 Å². The van der Waals surface area contributed by atoms with E-state index in [0.29, 0.717) is 25.9 Å². The van der Waals surface area contributed by atoms with Gasteiger partial charge in [0.15, 0.2) is 5.66 Å². The van der Waals surface area contributed by atoms with Gasteiger partial charge in [-0.3, -0.25) is 19.1 Å². The zero-order chi connectivity index (χ0) is 13.2. The zero-order valence-electron chi connectivity index (χ0n) is 8.89. The third kappa shape index (κ3) is 3.26. The molecule has 2 atom stereocenters. The van der Waals surface area contributed by atoms with Crippen LogP contribution in [0.5, 0.6) is 0 Å². The molecule has 1 aliphatic heterocycles. The van der Waals surface area contributed by atoms with Gasteiger partial charge in [-0.1, -0.05) is 0 Å². The summed E-state index contributed by atoms with van der Waals surface area (Å²) in [6, 6.07) is -1.68. The second-order valence-corrected chi connectivity index (χ2v) is 5.63. The van der Waals surface area contributed by atoms with E-state index in [2.05, 4.69) is 0 Å². The molecule has 0 bridgehead atoms. The van der Waals surface area contributed by atoms with Crippen molar-refractivity contribution in [3.8, 4) is 0 Å². The monoisotopic (exact) mass is 267 g/mol. The van der Waals surface area contributed by atoms with Crippen LogP contribution < -0.4 is 0 Å². The number of hydrogen-bond donors (Lipinski definition) is 4. The van der Waals surface area contributed by atoms with Gasteiger partial charge in [-0.25, -0.2) is 0 Å². The van der Waals surface area contributed by atoms with Crippen molar-refractivity contribution in [2.45, 2.75) is 24.5 Å². The Kier molecular flexibility index (Phi) is 4.26. The van der Waals surface area contributed by atoms with Gasteiger partial charge in [-0.2, -0.15) is 0 Å². The van der Waals surface area contributed by atoms with Gasteiger partial charge in [0.25, 0.3) is 0 Å². The number of aliphatic carboxylic acids is 2. The first-order valence-corrected chi connectivity index (χ1v) is 6.68. The van der Waals surface area contributed by atoms with Gasteiger partial charge in [0.05, 0.1) is 0 Å². The number of hydrogen-bond acceptors (Lipinski definition) is 4. The van der Waals surface area contributed by atoms with E-state index in [0.717, 1.165) is 0 Å². The summed E-state index contributed by atoms with van der Waals surface area (Å²) in [6.45, 7) is 0.668. The maximum Gasteiger partial charge on any atom is 0.342 e. The lowest BCUT2D eigenvalue weighted by Gasteiger charge is -2.28. The molecular weight excluding hydrogens is 253 g/mol. The summed E-state index contributed by atoms with van der Waals surface area (Å²) in [4.78, 5) is 41.1. The third-order valence-corrected chi connectivity index (χ3v) is 3.93. The predicted octanol–water partition coefficient (Wildman–Crippen LogP) is -0.834. The highest BCUT2D eigenvalue weighted by atomic mass is 31.2. The minimum absolute atomic E-state index is 0.334. The molecule has 4 N–H and O–H groups in total. The van der Waals surface area contributed by atoms with Gasteiger partial charge < -0.3 is 20.0 Å². The predicted molar refractivity (Wildman–Crippen MR) is 55.7 cm³/mol. The first kappa shape index (κ1) is 14.1. The number of carbonyl (C=O) groups is 2. The highest BCUT2D eigenvalue weighted by Crippen LogP contribution is 2.44. The number of carboxylic acid groups (broad SMARTS) is 2. The van der Waals surface area contributed by atoms with Gasteiger partial charge >= 0.3 is 19.5 Å². The van der Waals surface area contributed by atoms with Crippen LogP contribution in [0.1, 0.15) is 12.8 Å². The van der Waals surface area contributed by atoms with Crippen LogP contribution in [-0.4, -0.2) is 61.6 Å². The Labute approximate surface area is 97.0 Å². The Morgan fingerprint density at radius 2 is 1.53 bits per heavy atom. The topological polar surface area (TPSA) is 135 Å². The molecule has 9 heteroatoms. The average Bonchev–Trinajstić information content (AvgIpc) is 2.62. The molecule has 1 aliphatic rings. The van der Waals surface area contributed by atoms with Crippen molar-refractivity contribution >= 4 is 19.5 Å². The smallest absolute Gasteiger partial charge is 0.342 e. The number of nitrogens with zero attached hydrogens (tertiary/aromatic N) is 1. The molecule has 1 heterocycles. The largest absolute Gasteiger partial charge is 0.480 e. The zero-order valence-corrected chi connectivity index (χ0v) is 9.79. The van der Waals surface area contributed by atoms with Crippen LogP contribution in [0.15, 0.2) is 0 Å². The molecule has 1 rings (SSSR count). The summed E-state index contributed by atoms with van der Waals surface area (Å²) in [6.07, 6.45) is 1.38. The Morgan fingerprint density at radius 1 is 1.06 bits per heavy atom. The van der Waals surface area contributed by atoms with Crippen LogP contribution in [-0.2, 0) is 14.2 Å². The Balaban J connectivity index is 3.05. The van der Waals surface area contributed by atoms with E-state index in [1.165, 1.54) is 4.90 Å². The second-order valence-electron chi connectivity index (χ2n) is 3.90. The number of rotatable bonds is 5. The molecule has 1 saturated heterocycles. The van der Waals surface area contributed by atoms with Crippen LogP contribution in [0.25, 0.3) is 0 Å². The lowest BCUT2D eigenvalue weighted by molar-refractivity contribution is -0.149. The molecule has 0 aromatic rings. The summed E-state index contributed by atoms with van der Waals surface area (Å²) in [5.74, 6) is -3.32. The molecule has 0 aliphatic carbocycles. The Hall–Kier alpha value is -0.950. The van der Waals surface area contributed by atoms with Crippen molar-refractivity contribution in [2.75, 3.05) is 13.1 Å². The highest BCUT2D eigenvalue weighted by molar-refractivity contribution is 7.53. The lowest BCUT2D eigenvalue weighted by atomic mass is 10.2.